The Labute approximate surface area is 116 Å². The Bertz CT molecular complexity index is 485. The molecule has 0 N–H and O–H groups in total. The van der Waals surface area contributed by atoms with Crippen LogP contribution in [0.25, 0.3) is 0 Å². The van der Waals surface area contributed by atoms with Crippen molar-refractivity contribution in [3.8, 4) is 0 Å². The molecule has 1 aromatic rings. The van der Waals surface area contributed by atoms with E-state index in [1.807, 2.05) is 11.9 Å². The molecule has 2 heterocycles. The summed E-state index contributed by atoms with van der Waals surface area (Å²) in [6.45, 7) is 1.13. The fourth-order valence-corrected chi connectivity index (χ4v) is 3.61. The minimum Gasteiger partial charge on any atom is -0.355 e. The number of likely N-dealkylation sites (tertiary alicyclic amines) is 1. The largest absolute Gasteiger partial charge is 0.417 e. The first-order valence-corrected chi connectivity index (χ1v) is 6.82. The molecule has 0 spiro atoms. The highest BCUT2D eigenvalue weighted by molar-refractivity contribution is 5.41. The van der Waals surface area contributed by atoms with E-state index in [0.717, 1.165) is 25.2 Å². The average molecular weight is 285 g/mol. The van der Waals surface area contributed by atoms with Crippen molar-refractivity contribution in [3.63, 3.8) is 0 Å². The van der Waals surface area contributed by atoms with Gasteiger partial charge in [0, 0.05) is 31.9 Å². The van der Waals surface area contributed by atoms with E-state index in [1.165, 1.54) is 12.5 Å². The van der Waals surface area contributed by atoms with E-state index in [2.05, 4.69) is 16.9 Å². The van der Waals surface area contributed by atoms with Crippen LogP contribution in [-0.2, 0) is 6.18 Å². The Balaban J connectivity index is 1.76. The van der Waals surface area contributed by atoms with Gasteiger partial charge in [-0.05, 0) is 37.9 Å². The number of anilines is 1. The van der Waals surface area contributed by atoms with E-state index in [0.29, 0.717) is 23.8 Å². The van der Waals surface area contributed by atoms with Crippen molar-refractivity contribution in [2.75, 3.05) is 25.5 Å². The fourth-order valence-electron chi connectivity index (χ4n) is 3.61. The predicted molar refractivity (Wildman–Crippen MR) is 70.6 cm³/mol. The van der Waals surface area contributed by atoms with Crippen LogP contribution in [0, 0.1) is 5.92 Å². The third-order valence-electron chi connectivity index (χ3n) is 4.64. The van der Waals surface area contributed by atoms with Crippen LogP contribution in [0.2, 0.25) is 0 Å². The summed E-state index contributed by atoms with van der Waals surface area (Å²) in [5.41, 5.74) is -0.695. The van der Waals surface area contributed by atoms with Crippen molar-refractivity contribution in [2.45, 2.75) is 31.1 Å². The zero-order valence-corrected chi connectivity index (χ0v) is 11.6. The molecule has 2 bridgehead atoms. The van der Waals surface area contributed by atoms with E-state index >= 15 is 0 Å². The Hall–Kier alpha value is -1.30. The van der Waals surface area contributed by atoms with Gasteiger partial charge in [-0.25, -0.2) is 4.98 Å². The number of aromatic nitrogens is 1. The standard InChI is InChI=1S/C14H18F3N3/c1-19-8-9-5-11(19)12(6-9)20(2)13-4-3-10(7-18-13)14(15,16)17/h3-4,7,9,11-12H,5-6,8H2,1-2H3. The smallest absolute Gasteiger partial charge is 0.355 e. The summed E-state index contributed by atoms with van der Waals surface area (Å²) in [6, 6.07) is 3.42. The first kappa shape index (κ1) is 13.7. The number of hydrogen-bond donors (Lipinski definition) is 0. The van der Waals surface area contributed by atoms with Crippen LogP contribution in [0.3, 0.4) is 0 Å². The Morgan fingerprint density at radius 1 is 1.30 bits per heavy atom. The summed E-state index contributed by atoms with van der Waals surface area (Å²) in [7, 11) is 4.04. The molecule has 20 heavy (non-hydrogen) atoms. The van der Waals surface area contributed by atoms with Crippen molar-refractivity contribution >= 4 is 5.82 Å². The van der Waals surface area contributed by atoms with Crippen molar-refractivity contribution in [3.05, 3.63) is 23.9 Å². The van der Waals surface area contributed by atoms with Crippen LogP contribution in [0.4, 0.5) is 19.0 Å². The Morgan fingerprint density at radius 2 is 2.05 bits per heavy atom. The minimum absolute atomic E-state index is 0.350. The number of piperidine rings is 1. The summed E-state index contributed by atoms with van der Waals surface area (Å²) < 4.78 is 37.6. The monoisotopic (exact) mass is 285 g/mol. The summed E-state index contributed by atoms with van der Waals surface area (Å²) in [6.07, 6.45) is -1.11. The molecule has 3 atom stereocenters. The van der Waals surface area contributed by atoms with Crippen LogP contribution in [0.5, 0.6) is 0 Å². The molecule has 1 aliphatic carbocycles. The minimum atomic E-state index is -4.32. The maximum Gasteiger partial charge on any atom is 0.417 e. The van der Waals surface area contributed by atoms with Crippen LogP contribution < -0.4 is 4.90 Å². The summed E-state index contributed by atoms with van der Waals surface area (Å²) >= 11 is 0. The third kappa shape index (κ3) is 2.26. The quantitative estimate of drug-likeness (QED) is 0.832. The number of rotatable bonds is 2. The summed E-state index contributed by atoms with van der Waals surface area (Å²) in [5, 5.41) is 0. The van der Waals surface area contributed by atoms with Gasteiger partial charge in [0.05, 0.1) is 5.56 Å². The molecule has 0 amide bonds. The maximum absolute atomic E-state index is 12.5. The number of alkyl halides is 3. The van der Waals surface area contributed by atoms with Crippen LogP contribution in [-0.4, -0.2) is 42.6 Å². The number of fused-ring (bicyclic) bond motifs is 2. The second-order valence-corrected chi connectivity index (χ2v) is 5.93. The van der Waals surface area contributed by atoms with Gasteiger partial charge in [-0.2, -0.15) is 13.2 Å². The number of halogens is 3. The SMILES string of the molecule is CN1CC2CC1C(N(C)c1ccc(C(F)(F)F)cn1)C2. The zero-order valence-electron chi connectivity index (χ0n) is 11.6. The van der Waals surface area contributed by atoms with Crippen molar-refractivity contribution in [1.82, 2.24) is 9.88 Å². The van der Waals surface area contributed by atoms with Crippen LogP contribution >= 0.6 is 0 Å². The van der Waals surface area contributed by atoms with Crippen molar-refractivity contribution < 1.29 is 13.2 Å². The van der Waals surface area contributed by atoms with Gasteiger partial charge in [-0.3, -0.25) is 0 Å². The normalized spacial score (nSPS) is 29.9. The molecule has 3 rings (SSSR count). The molecule has 2 aliphatic rings. The van der Waals surface area contributed by atoms with Gasteiger partial charge in [-0.15, -0.1) is 0 Å². The molecule has 1 saturated carbocycles. The van der Waals surface area contributed by atoms with Crippen LogP contribution in [0.15, 0.2) is 18.3 Å². The molecule has 1 aromatic heterocycles. The lowest BCUT2D eigenvalue weighted by Gasteiger charge is -2.37. The second kappa shape index (κ2) is 4.62. The fraction of sp³-hybridized carbons (Fsp3) is 0.643. The summed E-state index contributed by atoms with van der Waals surface area (Å²) in [5.74, 6) is 1.33. The highest BCUT2D eigenvalue weighted by atomic mass is 19.4. The van der Waals surface area contributed by atoms with Crippen molar-refractivity contribution in [1.29, 1.82) is 0 Å². The van der Waals surface area contributed by atoms with Gasteiger partial charge in [0.1, 0.15) is 5.82 Å². The number of hydrogen-bond acceptors (Lipinski definition) is 3. The van der Waals surface area contributed by atoms with Gasteiger partial charge >= 0.3 is 6.18 Å². The lowest BCUT2D eigenvalue weighted by atomic mass is 10.0. The van der Waals surface area contributed by atoms with E-state index in [4.69, 9.17) is 0 Å². The van der Waals surface area contributed by atoms with Gasteiger partial charge < -0.3 is 9.80 Å². The molecule has 110 valence electrons. The first-order chi connectivity index (χ1) is 9.36. The molecule has 6 heteroatoms. The maximum atomic E-state index is 12.5. The molecule has 1 aliphatic heterocycles. The second-order valence-electron chi connectivity index (χ2n) is 5.93. The highest BCUT2D eigenvalue weighted by Crippen LogP contribution is 2.40. The van der Waals surface area contributed by atoms with Crippen LogP contribution in [0.1, 0.15) is 18.4 Å². The molecular formula is C14H18F3N3. The lowest BCUT2D eigenvalue weighted by molar-refractivity contribution is -0.137. The summed E-state index contributed by atoms with van der Waals surface area (Å²) in [4.78, 5) is 8.36. The van der Waals surface area contributed by atoms with Gasteiger partial charge in [-0.1, -0.05) is 0 Å². The Kier molecular flexibility index (Phi) is 3.16. The van der Waals surface area contributed by atoms with Gasteiger partial charge in [0.15, 0.2) is 0 Å². The molecule has 1 saturated heterocycles. The van der Waals surface area contributed by atoms with E-state index < -0.39 is 11.7 Å². The van der Waals surface area contributed by atoms with E-state index in [-0.39, 0.29) is 0 Å². The average Bonchev–Trinajstić information content (AvgIpc) is 2.96. The molecule has 3 nitrogen and oxygen atoms in total. The topological polar surface area (TPSA) is 19.4 Å². The van der Waals surface area contributed by atoms with E-state index in [1.54, 1.807) is 0 Å². The number of pyridine rings is 1. The van der Waals surface area contributed by atoms with Crippen molar-refractivity contribution in [2.24, 2.45) is 5.92 Å². The van der Waals surface area contributed by atoms with E-state index in [9.17, 15) is 13.2 Å². The molecule has 2 fully saturated rings. The molecule has 3 unspecified atom stereocenters. The van der Waals surface area contributed by atoms with Gasteiger partial charge in [0.25, 0.3) is 0 Å². The van der Waals surface area contributed by atoms with Gasteiger partial charge in [0.2, 0.25) is 0 Å². The highest BCUT2D eigenvalue weighted by Gasteiger charge is 2.45. The molecule has 0 radical (unpaired) electrons. The lowest BCUT2D eigenvalue weighted by Crippen LogP contribution is -2.47. The number of likely N-dealkylation sites (N-methyl/N-ethyl adjacent to an activating group) is 2. The predicted octanol–water partition coefficient (Wildman–Crippen LogP) is 2.63. The molecular weight excluding hydrogens is 267 g/mol. The Morgan fingerprint density at radius 3 is 2.55 bits per heavy atom. The first-order valence-electron chi connectivity index (χ1n) is 6.82. The molecule has 0 aromatic carbocycles. The number of nitrogens with zero attached hydrogens (tertiary/aromatic N) is 3. The zero-order chi connectivity index (χ0) is 14.5. The third-order valence-corrected chi connectivity index (χ3v) is 4.64.